The van der Waals surface area contributed by atoms with E-state index in [9.17, 15) is 0 Å². The van der Waals surface area contributed by atoms with Gasteiger partial charge in [-0.25, -0.2) is 0 Å². The predicted octanol–water partition coefficient (Wildman–Crippen LogP) is 22.2. The van der Waals surface area contributed by atoms with Crippen LogP contribution in [-0.4, -0.2) is 4.57 Å². The van der Waals surface area contributed by atoms with Gasteiger partial charge in [0.15, 0.2) is 5.58 Å². The molecule has 0 radical (unpaired) electrons. The number of nitrogens with zero attached hydrogens (tertiary/aromatic N) is 2. The van der Waals surface area contributed by atoms with Crippen LogP contribution in [0.15, 0.2) is 259 Å². The van der Waals surface area contributed by atoms with E-state index in [1.54, 1.807) is 0 Å². The van der Waals surface area contributed by atoms with Crippen molar-refractivity contribution in [3.8, 4) is 39.1 Å². The maximum absolute atomic E-state index is 7.30. The maximum atomic E-state index is 7.30. The maximum Gasteiger partial charge on any atom is 0.160 e. The lowest BCUT2D eigenvalue weighted by atomic mass is 9.82. The smallest absolute Gasteiger partial charge is 0.160 e. The van der Waals surface area contributed by atoms with Crippen molar-refractivity contribution in [2.24, 2.45) is 0 Å². The molecule has 16 aromatic rings. The number of furan rings is 1. The van der Waals surface area contributed by atoms with Crippen molar-refractivity contribution in [3.05, 3.63) is 277 Å². The van der Waals surface area contributed by atoms with Gasteiger partial charge in [-0.1, -0.05) is 216 Å². The first-order valence-corrected chi connectivity index (χ1v) is 29.1. The Bertz CT molecular complexity index is 5420. The SMILES string of the molecule is CC1(C)c2ccccc2-c2cc(N(c3ccc4c(c3)-c3ccccc3C4(C)C)c3ccc(-c4ccc5c(c4)c4ccc6c7cc8c9ccccc9c9ccccc9c8cc7oc6c4n5-c4cccc5ccccc45)c4ccccc34)ccc21. The molecule has 0 fully saturated rings. The Morgan fingerprint density at radius 2 is 0.855 bits per heavy atom. The molecular formula is C80H54N2O. The molecule has 0 unspecified atom stereocenters. The zero-order chi connectivity index (χ0) is 55.0. The van der Waals surface area contributed by atoms with Crippen LogP contribution >= 0.6 is 0 Å². The topological polar surface area (TPSA) is 21.3 Å². The van der Waals surface area contributed by atoms with E-state index >= 15 is 0 Å². The van der Waals surface area contributed by atoms with Crippen LogP contribution in [0.5, 0.6) is 0 Å². The number of benzene rings is 14. The summed E-state index contributed by atoms with van der Waals surface area (Å²) in [7, 11) is 0. The molecular weight excluding hydrogens is 1000 g/mol. The summed E-state index contributed by atoms with van der Waals surface area (Å²) >= 11 is 0. The molecule has 0 saturated heterocycles. The summed E-state index contributed by atoms with van der Waals surface area (Å²) in [5, 5.41) is 16.7. The zero-order valence-electron chi connectivity index (χ0n) is 46.6. The molecule has 0 N–H and O–H groups in total. The van der Waals surface area contributed by atoms with Gasteiger partial charge in [-0.2, -0.15) is 0 Å². The minimum Gasteiger partial charge on any atom is -0.454 e. The van der Waals surface area contributed by atoms with Gasteiger partial charge < -0.3 is 13.9 Å². The zero-order valence-corrected chi connectivity index (χ0v) is 46.6. The van der Waals surface area contributed by atoms with Crippen LogP contribution in [0.1, 0.15) is 49.9 Å². The largest absolute Gasteiger partial charge is 0.454 e. The van der Waals surface area contributed by atoms with E-state index in [1.807, 2.05) is 0 Å². The van der Waals surface area contributed by atoms with E-state index in [4.69, 9.17) is 4.42 Å². The van der Waals surface area contributed by atoms with Crippen LogP contribution < -0.4 is 4.90 Å². The first-order valence-electron chi connectivity index (χ1n) is 29.1. The van der Waals surface area contributed by atoms with E-state index in [1.165, 1.54) is 109 Å². The lowest BCUT2D eigenvalue weighted by Gasteiger charge is -2.29. The van der Waals surface area contributed by atoms with Gasteiger partial charge in [-0.05, 0) is 165 Å². The van der Waals surface area contributed by atoms with Gasteiger partial charge in [0, 0.05) is 54.5 Å². The van der Waals surface area contributed by atoms with Crippen LogP contribution in [0, 0.1) is 0 Å². The summed E-state index contributed by atoms with van der Waals surface area (Å²) < 4.78 is 9.77. The second kappa shape index (κ2) is 16.7. The van der Waals surface area contributed by atoms with Crippen molar-refractivity contribution >= 4 is 115 Å². The van der Waals surface area contributed by atoms with Crippen LogP contribution in [0.2, 0.25) is 0 Å². The van der Waals surface area contributed by atoms with Crippen molar-refractivity contribution in [1.29, 1.82) is 0 Å². The summed E-state index contributed by atoms with van der Waals surface area (Å²) in [5.74, 6) is 0. The van der Waals surface area contributed by atoms with Gasteiger partial charge in [0.25, 0.3) is 0 Å². The van der Waals surface area contributed by atoms with Crippen molar-refractivity contribution in [1.82, 2.24) is 4.57 Å². The fourth-order valence-corrected chi connectivity index (χ4v) is 15.4. The molecule has 3 nitrogen and oxygen atoms in total. The molecule has 2 aromatic heterocycles. The quantitative estimate of drug-likeness (QED) is 0.160. The van der Waals surface area contributed by atoms with Gasteiger partial charge in [0.1, 0.15) is 5.58 Å². The first kappa shape index (κ1) is 46.5. The fraction of sp³-hybridized carbons (Fsp3) is 0.0750. The molecule has 14 aromatic carbocycles. The highest BCUT2D eigenvalue weighted by molar-refractivity contribution is 6.30. The fourth-order valence-electron chi connectivity index (χ4n) is 15.4. The van der Waals surface area contributed by atoms with E-state index in [2.05, 4.69) is 292 Å². The Balaban J connectivity index is 0.861. The van der Waals surface area contributed by atoms with Crippen molar-refractivity contribution < 1.29 is 4.42 Å². The molecule has 0 atom stereocenters. The molecule has 390 valence electrons. The highest BCUT2D eigenvalue weighted by Gasteiger charge is 2.38. The first-order chi connectivity index (χ1) is 40.7. The molecule has 2 heterocycles. The summed E-state index contributed by atoms with van der Waals surface area (Å²) in [6.45, 7) is 9.46. The Hall–Kier alpha value is -10.2. The monoisotopic (exact) mass is 1060 g/mol. The average Bonchev–Trinajstić information content (AvgIpc) is 2.04. The molecule has 83 heavy (non-hydrogen) atoms. The minimum atomic E-state index is -0.104. The van der Waals surface area contributed by atoms with Gasteiger partial charge in [0.05, 0.1) is 22.4 Å². The molecule has 0 amide bonds. The second-order valence-corrected chi connectivity index (χ2v) is 24.3. The number of hydrogen-bond donors (Lipinski definition) is 0. The standard InChI is InChI=1S/C80H54N2O/c1-79(2)69-29-15-13-26-58(69)65-43-49(33-38-71(65)79)81(50-34-39-72-66(44-50)59-27-14-16-30-70(59)80(72,3)4)74-41-37-51(53-21-11-12-28-60(53)74)48-32-40-75-67(42-48)61-35-36-62-68-45-63-56-24-9-7-22-54(56)55-23-8-10-25-57(55)64(63)46-76(68)83-78(62)77(61)82(75)73-31-17-19-47-18-5-6-20-52(47)73/h5-46H,1-4H3. The van der Waals surface area contributed by atoms with Gasteiger partial charge in [-0.15, -0.1) is 0 Å². The number of fused-ring (bicyclic) bond motifs is 21. The van der Waals surface area contributed by atoms with Crippen LogP contribution in [0.3, 0.4) is 0 Å². The van der Waals surface area contributed by atoms with Crippen LogP contribution in [0.4, 0.5) is 17.1 Å². The molecule has 3 heteroatoms. The highest BCUT2D eigenvalue weighted by Crippen LogP contribution is 2.55. The third-order valence-corrected chi connectivity index (χ3v) is 19.3. The average molecular weight is 1060 g/mol. The Labute approximate surface area is 480 Å². The van der Waals surface area contributed by atoms with E-state index in [0.29, 0.717) is 0 Å². The summed E-state index contributed by atoms with van der Waals surface area (Å²) in [4.78, 5) is 2.52. The number of anilines is 3. The number of aromatic nitrogens is 1. The summed E-state index contributed by atoms with van der Waals surface area (Å²) in [6.07, 6.45) is 0. The van der Waals surface area contributed by atoms with Gasteiger partial charge >= 0.3 is 0 Å². The van der Waals surface area contributed by atoms with Crippen molar-refractivity contribution in [3.63, 3.8) is 0 Å². The van der Waals surface area contributed by atoms with E-state index in [0.717, 1.165) is 66.7 Å². The number of rotatable bonds is 5. The van der Waals surface area contributed by atoms with Crippen molar-refractivity contribution in [2.75, 3.05) is 4.90 Å². The Morgan fingerprint density at radius 1 is 0.325 bits per heavy atom. The van der Waals surface area contributed by atoms with Crippen molar-refractivity contribution in [2.45, 2.75) is 38.5 Å². The normalized spacial score (nSPS) is 14.0. The lowest BCUT2D eigenvalue weighted by Crippen LogP contribution is -2.16. The van der Waals surface area contributed by atoms with E-state index < -0.39 is 0 Å². The highest BCUT2D eigenvalue weighted by atomic mass is 16.3. The molecule has 2 aliphatic carbocycles. The molecule has 0 aliphatic heterocycles. The third-order valence-electron chi connectivity index (χ3n) is 19.3. The molecule has 0 spiro atoms. The molecule has 18 rings (SSSR count). The molecule has 2 aliphatic rings. The van der Waals surface area contributed by atoms with Crippen LogP contribution in [0.25, 0.3) is 137 Å². The molecule has 0 bridgehead atoms. The van der Waals surface area contributed by atoms with Gasteiger partial charge in [-0.3, -0.25) is 0 Å². The number of hydrogen-bond acceptors (Lipinski definition) is 2. The van der Waals surface area contributed by atoms with Gasteiger partial charge in [0.2, 0.25) is 0 Å². The predicted molar refractivity (Wildman–Crippen MR) is 351 cm³/mol. The Kier molecular flexibility index (Phi) is 9.36. The lowest BCUT2D eigenvalue weighted by molar-refractivity contribution is 0.660. The summed E-state index contributed by atoms with van der Waals surface area (Å²) in [6, 6.07) is 95.5. The minimum absolute atomic E-state index is 0.104. The molecule has 0 saturated carbocycles. The Morgan fingerprint density at radius 3 is 1.52 bits per heavy atom. The van der Waals surface area contributed by atoms with Crippen LogP contribution in [-0.2, 0) is 10.8 Å². The summed E-state index contributed by atoms with van der Waals surface area (Å²) in [5.41, 5.74) is 21.3. The second-order valence-electron chi connectivity index (χ2n) is 24.3. The third kappa shape index (κ3) is 6.34. The van der Waals surface area contributed by atoms with E-state index in [-0.39, 0.29) is 10.8 Å².